The van der Waals surface area contributed by atoms with Gasteiger partial charge in [0.05, 0.1) is 31.1 Å². The molecule has 1 aliphatic heterocycles. The van der Waals surface area contributed by atoms with Gasteiger partial charge in [-0.15, -0.1) is 0 Å². The van der Waals surface area contributed by atoms with E-state index >= 15 is 0 Å². The second kappa shape index (κ2) is 18.0. The van der Waals surface area contributed by atoms with Crippen LogP contribution in [-0.4, -0.2) is 51.2 Å². The van der Waals surface area contributed by atoms with E-state index in [4.69, 9.17) is 18.4 Å². The van der Waals surface area contributed by atoms with Crippen molar-refractivity contribution < 1.29 is 31.6 Å². The maximum absolute atomic E-state index is 12.5. The fraction of sp³-hybridized carbons (Fsp3) is 0.774. The predicted molar refractivity (Wildman–Crippen MR) is 159 cm³/mol. The summed E-state index contributed by atoms with van der Waals surface area (Å²) in [5, 5.41) is 2.89. The number of alkyl carbamates (subject to hydrolysis) is 1. The quantitative estimate of drug-likeness (QED) is 0.142. The number of benzene rings is 1. The topological polar surface area (TPSA) is 100 Å². The van der Waals surface area contributed by atoms with Crippen LogP contribution >= 0.6 is 0 Å². The number of rotatable bonds is 18. The Hall–Kier alpha value is -1.68. The van der Waals surface area contributed by atoms with E-state index in [1.54, 1.807) is 0 Å². The number of hydrogen-bond donors (Lipinski definition) is 1. The lowest BCUT2D eigenvalue weighted by Gasteiger charge is -2.37. The lowest BCUT2D eigenvalue weighted by atomic mass is 9.99. The first-order valence-electron chi connectivity index (χ1n) is 15.2. The summed E-state index contributed by atoms with van der Waals surface area (Å²) < 4.78 is 47.2. The second-order valence-electron chi connectivity index (χ2n) is 12.0. The summed E-state index contributed by atoms with van der Waals surface area (Å²) in [7, 11) is -3.60. The predicted octanol–water partition coefficient (Wildman–Crippen LogP) is 7.43. The van der Waals surface area contributed by atoms with E-state index in [9.17, 15) is 13.2 Å². The number of carbonyl (C=O) groups is 1. The summed E-state index contributed by atoms with van der Waals surface area (Å²) in [6, 6.07) is 9.20. The third-order valence-electron chi connectivity index (χ3n) is 6.91. The minimum absolute atomic E-state index is 0.250. The Morgan fingerprint density at radius 3 is 2.15 bits per heavy atom. The molecule has 1 amide bonds. The summed E-state index contributed by atoms with van der Waals surface area (Å²) >= 11 is 0. The highest BCUT2D eigenvalue weighted by Crippen LogP contribution is 2.30. The molecule has 40 heavy (non-hydrogen) atoms. The monoisotopic (exact) mass is 583 g/mol. The first-order valence-corrected chi connectivity index (χ1v) is 17.0. The van der Waals surface area contributed by atoms with Crippen molar-refractivity contribution in [2.24, 2.45) is 0 Å². The number of carbonyl (C=O) groups excluding carboxylic acids is 1. The molecule has 1 heterocycles. The van der Waals surface area contributed by atoms with E-state index in [-0.39, 0.29) is 6.61 Å². The molecule has 1 aromatic rings. The maximum atomic E-state index is 12.5. The van der Waals surface area contributed by atoms with Gasteiger partial charge in [-0.3, -0.25) is 4.18 Å². The fourth-order valence-corrected chi connectivity index (χ4v) is 5.62. The van der Waals surface area contributed by atoms with Crippen LogP contribution < -0.4 is 5.32 Å². The zero-order chi connectivity index (χ0) is 29.4. The smallest absolute Gasteiger partial charge is 0.408 e. The molecule has 9 heteroatoms. The number of amides is 1. The van der Waals surface area contributed by atoms with E-state index in [0.29, 0.717) is 19.3 Å². The van der Waals surface area contributed by atoms with E-state index in [2.05, 4.69) is 12.2 Å². The molecule has 1 fully saturated rings. The van der Waals surface area contributed by atoms with Crippen molar-refractivity contribution in [3.63, 3.8) is 0 Å². The van der Waals surface area contributed by atoms with Crippen molar-refractivity contribution >= 4 is 16.2 Å². The van der Waals surface area contributed by atoms with Crippen molar-refractivity contribution in [1.29, 1.82) is 0 Å². The van der Waals surface area contributed by atoms with Crippen LogP contribution in [-0.2, 0) is 28.5 Å². The molecule has 1 N–H and O–H groups in total. The van der Waals surface area contributed by atoms with E-state index in [1.807, 2.05) is 51.1 Å². The minimum atomic E-state index is -3.60. The lowest BCUT2D eigenvalue weighted by molar-refractivity contribution is -0.230. The molecule has 8 nitrogen and oxygen atoms in total. The molecule has 1 aliphatic rings. The normalized spacial score (nSPS) is 20.7. The van der Waals surface area contributed by atoms with Crippen LogP contribution in [0.4, 0.5) is 4.79 Å². The van der Waals surface area contributed by atoms with Gasteiger partial charge in [-0.2, -0.15) is 8.42 Å². The third-order valence-corrected chi connectivity index (χ3v) is 7.53. The van der Waals surface area contributed by atoms with Crippen LogP contribution in [0.1, 0.15) is 123 Å². The van der Waals surface area contributed by atoms with Crippen LogP contribution in [0, 0.1) is 0 Å². The lowest BCUT2D eigenvalue weighted by Crippen LogP contribution is -2.52. The highest BCUT2D eigenvalue weighted by atomic mass is 32.2. The van der Waals surface area contributed by atoms with Gasteiger partial charge >= 0.3 is 6.09 Å². The van der Waals surface area contributed by atoms with Crippen molar-refractivity contribution in [1.82, 2.24) is 5.32 Å². The van der Waals surface area contributed by atoms with Crippen LogP contribution in [0.3, 0.4) is 0 Å². The van der Waals surface area contributed by atoms with Gasteiger partial charge in [-0.25, -0.2) is 4.79 Å². The van der Waals surface area contributed by atoms with Crippen LogP contribution in [0.2, 0.25) is 0 Å². The first kappa shape index (κ1) is 34.5. The molecule has 0 aromatic heterocycles. The highest BCUT2D eigenvalue weighted by molar-refractivity contribution is 7.86. The van der Waals surface area contributed by atoms with Crippen molar-refractivity contribution in [2.45, 2.75) is 141 Å². The molecule has 1 aromatic carbocycles. The first-order chi connectivity index (χ1) is 19.0. The average Bonchev–Trinajstić information content (AvgIpc) is 2.87. The third kappa shape index (κ3) is 15.4. The van der Waals surface area contributed by atoms with Gasteiger partial charge in [0.25, 0.3) is 10.1 Å². The Kier molecular flexibility index (Phi) is 15.5. The van der Waals surface area contributed by atoms with Crippen molar-refractivity contribution in [3.8, 4) is 0 Å². The summed E-state index contributed by atoms with van der Waals surface area (Å²) in [5.41, 5.74) is 0.254. The molecule has 1 saturated heterocycles. The molecule has 0 bridgehead atoms. The molecular weight excluding hydrogens is 530 g/mol. The number of ether oxygens (including phenoxy) is 3. The molecule has 0 radical (unpaired) electrons. The zero-order valence-electron chi connectivity index (χ0n) is 25.4. The maximum Gasteiger partial charge on any atom is 0.408 e. The summed E-state index contributed by atoms with van der Waals surface area (Å²) in [6.07, 6.45) is 13.0. The Morgan fingerprint density at radius 1 is 0.975 bits per heavy atom. The Morgan fingerprint density at radius 2 is 1.57 bits per heavy atom. The van der Waals surface area contributed by atoms with E-state index in [0.717, 1.165) is 31.1 Å². The van der Waals surface area contributed by atoms with Gasteiger partial charge in [0, 0.05) is 5.56 Å². The standard InChI is InChI=1S/C31H53NO7S/c1-6-7-8-9-10-11-12-13-14-18-21-26(39-40(5,34)35)22-23-28-27(32-30(33)38-31(2,3)4)24-36-29(37-28)25-19-16-15-17-20-25/h15-17,19-20,26-29H,6-14,18,21-24H2,1-5H3,(H,32,33)/t26-,27-,28+,29-/m0/s1. The van der Waals surface area contributed by atoms with Gasteiger partial charge in [-0.1, -0.05) is 101 Å². The van der Waals surface area contributed by atoms with Crippen molar-refractivity contribution in [3.05, 3.63) is 35.9 Å². The van der Waals surface area contributed by atoms with Gasteiger partial charge in [0.1, 0.15) is 5.60 Å². The number of hydrogen-bond acceptors (Lipinski definition) is 7. The van der Waals surface area contributed by atoms with Crippen LogP contribution in [0.15, 0.2) is 30.3 Å². The molecule has 230 valence electrons. The zero-order valence-corrected chi connectivity index (χ0v) is 26.2. The molecular formula is C31H53NO7S. The van der Waals surface area contributed by atoms with Crippen LogP contribution in [0.5, 0.6) is 0 Å². The van der Waals surface area contributed by atoms with E-state index in [1.165, 1.54) is 44.9 Å². The van der Waals surface area contributed by atoms with Gasteiger partial charge in [0.15, 0.2) is 6.29 Å². The summed E-state index contributed by atoms with van der Waals surface area (Å²) in [6.45, 7) is 7.91. The fourth-order valence-electron chi connectivity index (χ4n) is 4.94. The molecule has 0 saturated carbocycles. The molecule has 0 spiro atoms. The Labute approximate surface area is 243 Å². The minimum Gasteiger partial charge on any atom is -0.444 e. The van der Waals surface area contributed by atoms with Gasteiger partial charge < -0.3 is 19.5 Å². The molecule has 4 atom stereocenters. The van der Waals surface area contributed by atoms with Gasteiger partial charge in [0.2, 0.25) is 0 Å². The highest BCUT2D eigenvalue weighted by Gasteiger charge is 2.35. The second-order valence-corrected chi connectivity index (χ2v) is 13.6. The molecule has 0 aliphatic carbocycles. The number of nitrogens with one attached hydrogen (secondary N) is 1. The summed E-state index contributed by atoms with van der Waals surface area (Å²) in [4.78, 5) is 12.5. The Bertz CT molecular complexity index is 933. The molecule has 2 rings (SSSR count). The molecule has 0 unspecified atom stereocenters. The van der Waals surface area contributed by atoms with E-state index < -0.39 is 46.4 Å². The average molecular weight is 584 g/mol. The van der Waals surface area contributed by atoms with Crippen molar-refractivity contribution in [2.75, 3.05) is 12.9 Å². The van der Waals surface area contributed by atoms with Gasteiger partial charge in [-0.05, 0) is 40.0 Å². The largest absolute Gasteiger partial charge is 0.444 e. The Balaban J connectivity index is 1.93. The summed E-state index contributed by atoms with van der Waals surface area (Å²) in [5.74, 6) is 0. The number of unbranched alkanes of at least 4 members (excludes halogenated alkanes) is 9. The van der Waals surface area contributed by atoms with Crippen LogP contribution in [0.25, 0.3) is 0 Å². The SMILES string of the molecule is CCCCCCCCCCCC[C@@H](CC[C@H]1O[C@@H](c2ccccc2)OC[C@@H]1NC(=O)OC(C)(C)C)OS(C)(=O)=O.